The number of anilines is 2. The Bertz CT molecular complexity index is 1010. The van der Waals surface area contributed by atoms with Crippen molar-refractivity contribution in [2.75, 3.05) is 23.3 Å². The topological polar surface area (TPSA) is 44.4 Å². The first-order chi connectivity index (χ1) is 13.1. The van der Waals surface area contributed by atoms with Crippen LogP contribution in [-0.2, 0) is 0 Å². The number of hydrogen-bond acceptors (Lipinski definition) is 4. The van der Waals surface area contributed by atoms with Crippen LogP contribution in [0.3, 0.4) is 0 Å². The number of fused-ring (bicyclic) bond motifs is 1. The minimum Gasteiger partial charge on any atom is -0.370 e. The van der Waals surface area contributed by atoms with E-state index in [0.29, 0.717) is 9.90 Å². The Hall–Kier alpha value is -2.15. The summed E-state index contributed by atoms with van der Waals surface area (Å²) >= 11 is 13.1. The Morgan fingerprint density at radius 2 is 1.78 bits per heavy atom. The number of para-hydroxylation sites is 2. The van der Waals surface area contributed by atoms with Crippen molar-refractivity contribution in [2.24, 2.45) is 0 Å². The molecule has 27 heavy (non-hydrogen) atoms. The van der Waals surface area contributed by atoms with Gasteiger partial charge in [-0.05, 0) is 43.3 Å². The first-order valence-corrected chi connectivity index (χ1v) is 10.4. The number of halogens is 1. The van der Waals surface area contributed by atoms with Gasteiger partial charge in [-0.15, -0.1) is 11.3 Å². The summed E-state index contributed by atoms with van der Waals surface area (Å²) in [5, 5.41) is 7.53. The Morgan fingerprint density at radius 3 is 2.56 bits per heavy atom. The van der Waals surface area contributed by atoms with Crippen LogP contribution < -0.4 is 15.5 Å². The van der Waals surface area contributed by atoms with Crippen molar-refractivity contribution in [2.45, 2.75) is 12.8 Å². The lowest BCUT2D eigenvalue weighted by Crippen LogP contribution is -2.34. The standard InChI is InChI=1S/C20H18ClN3OS2/c21-17-13-7-1-4-10-16(13)27-18(17)19(25)23-20(26)22-14-8-2-3-9-15(14)24-11-5-6-12-24/h1-4,7-10H,5-6,11-12H2,(H2,22,23,25,26). The molecule has 1 fully saturated rings. The van der Waals surface area contributed by atoms with Crippen LogP contribution in [0.5, 0.6) is 0 Å². The predicted molar refractivity (Wildman–Crippen MR) is 118 cm³/mol. The van der Waals surface area contributed by atoms with E-state index in [9.17, 15) is 4.79 Å². The zero-order valence-electron chi connectivity index (χ0n) is 14.5. The molecule has 2 heterocycles. The fourth-order valence-corrected chi connectivity index (χ4v) is 4.90. The van der Waals surface area contributed by atoms with Crippen molar-refractivity contribution in [3.8, 4) is 0 Å². The third-order valence-corrected chi connectivity index (χ3v) is 6.45. The largest absolute Gasteiger partial charge is 0.370 e. The van der Waals surface area contributed by atoms with Crippen molar-refractivity contribution in [1.29, 1.82) is 0 Å². The maximum absolute atomic E-state index is 12.7. The third kappa shape index (κ3) is 3.78. The van der Waals surface area contributed by atoms with Gasteiger partial charge in [-0.2, -0.15) is 0 Å². The number of carbonyl (C=O) groups is 1. The Balaban J connectivity index is 1.49. The number of thiocarbonyl (C=S) groups is 1. The maximum atomic E-state index is 12.7. The number of nitrogens with one attached hydrogen (secondary N) is 2. The normalized spacial score (nSPS) is 13.7. The average molecular weight is 416 g/mol. The summed E-state index contributed by atoms with van der Waals surface area (Å²) in [4.78, 5) is 15.5. The SMILES string of the molecule is O=C(NC(=S)Nc1ccccc1N1CCCC1)c1sc2ccccc2c1Cl. The Kier molecular flexibility index (Phi) is 5.29. The molecule has 3 aromatic rings. The molecule has 4 rings (SSSR count). The second kappa shape index (κ2) is 7.84. The van der Waals surface area contributed by atoms with Gasteiger partial charge in [0.15, 0.2) is 5.11 Å². The molecule has 0 unspecified atom stereocenters. The zero-order valence-corrected chi connectivity index (χ0v) is 16.9. The number of rotatable bonds is 3. The van der Waals surface area contributed by atoms with Crippen LogP contribution in [0.1, 0.15) is 22.5 Å². The van der Waals surface area contributed by atoms with Gasteiger partial charge < -0.3 is 10.2 Å². The molecule has 1 aromatic heterocycles. The average Bonchev–Trinajstić information content (AvgIpc) is 3.31. The highest BCUT2D eigenvalue weighted by atomic mass is 35.5. The lowest BCUT2D eigenvalue weighted by atomic mass is 10.2. The van der Waals surface area contributed by atoms with E-state index in [-0.39, 0.29) is 11.0 Å². The van der Waals surface area contributed by atoms with Crippen molar-refractivity contribution in [3.05, 3.63) is 58.4 Å². The number of thiophene rings is 1. The van der Waals surface area contributed by atoms with E-state index < -0.39 is 0 Å². The zero-order chi connectivity index (χ0) is 18.8. The predicted octanol–water partition coefficient (Wildman–Crippen LogP) is 5.28. The molecule has 0 aliphatic carbocycles. The molecule has 138 valence electrons. The third-order valence-electron chi connectivity index (χ3n) is 4.57. The fraction of sp³-hybridized carbons (Fsp3) is 0.200. The van der Waals surface area contributed by atoms with E-state index in [1.165, 1.54) is 24.2 Å². The first kappa shape index (κ1) is 18.2. The van der Waals surface area contributed by atoms with E-state index in [4.69, 9.17) is 23.8 Å². The summed E-state index contributed by atoms with van der Waals surface area (Å²) in [5.74, 6) is -0.294. The number of nitrogens with zero attached hydrogens (tertiary/aromatic N) is 1. The van der Waals surface area contributed by atoms with Crippen molar-refractivity contribution in [3.63, 3.8) is 0 Å². The summed E-state index contributed by atoms with van der Waals surface area (Å²) in [6, 6.07) is 15.7. The molecule has 0 bridgehead atoms. The molecular weight excluding hydrogens is 398 g/mol. The van der Waals surface area contributed by atoms with Crippen LogP contribution in [-0.4, -0.2) is 24.1 Å². The molecule has 0 spiro atoms. The van der Waals surface area contributed by atoms with Gasteiger partial charge in [0.05, 0.1) is 16.4 Å². The van der Waals surface area contributed by atoms with E-state index in [2.05, 4.69) is 21.6 Å². The van der Waals surface area contributed by atoms with Crippen LogP contribution in [0.15, 0.2) is 48.5 Å². The molecule has 0 saturated carbocycles. The van der Waals surface area contributed by atoms with Crippen LogP contribution in [0.4, 0.5) is 11.4 Å². The summed E-state index contributed by atoms with van der Waals surface area (Å²) in [7, 11) is 0. The van der Waals surface area contributed by atoms with E-state index in [1.807, 2.05) is 42.5 Å². The molecule has 0 radical (unpaired) electrons. The summed E-state index contributed by atoms with van der Waals surface area (Å²) in [6.07, 6.45) is 2.39. The van der Waals surface area contributed by atoms with Gasteiger partial charge in [0.1, 0.15) is 4.88 Å². The number of benzene rings is 2. The highest BCUT2D eigenvalue weighted by Gasteiger charge is 2.19. The summed E-state index contributed by atoms with van der Waals surface area (Å²) < 4.78 is 0.978. The van der Waals surface area contributed by atoms with E-state index in [0.717, 1.165) is 34.6 Å². The molecule has 1 aliphatic heterocycles. The Labute approximate surface area is 172 Å². The van der Waals surface area contributed by atoms with Crippen molar-refractivity contribution >= 4 is 67.6 Å². The molecule has 2 N–H and O–H groups in total. The minimum atomic E-state index is -0.294. The van der Waals surface area contributed by atoms with Gasteiger partial charge in [-0.1, -0.05) is 41.9 Å². The summed E-state index contributed by atoms with van der Waals surface area (Å²) in [6.45, 7) is 2.07. The quantitative estimate of drug-likeness (QED) is 0.571. The molecule has 1 amide bonds. The van der Waals surface area contributed by atoms with Gasteiger partial charge >= 0.3 is 0 Å². The molecule has 7 heteroatoms. The van der Waals surface area contributed by atoms with Crippen LogP contribution in [0, 0.1) is 0 Å². The summed E-state index contributed by atoms with van der Waals surface area (Å²) in [5.41, 5.74) is 2.00. The van der Waals surface area contributed by atoms with Crippen LogP contribution >= 0.6 is 35.2 Å². The lowest BCUT2D eigenvalue weighted by Gasteiger charge is -2.22. The minimum absolute atomic E-state index is 0.264. The van der Waals surface area contributed by atoms with Gasteiger partial charge in [0, 0.05) is 23.2 Å². The monoisotopic (exact) mass is 415 g/mol. The number of carbonyl (C=O) groups excluding carboxylic acids is 1. The molecule has 1 saturated heterocycles. The molecule has 1 aliphatic rings. The van der Waals surface area contributed by atoms with Gasteiger partial charge in [0.2, 0.25) is 0 Å². The first-order valence-electron chi connectivity index (χ1n) is 8.77. The molecule has 2 aromatic carbocycles. The second-order valence-electron chi connectivity index (χ2n) is 6.36. The molecule has 0 atom stereocenters. The van der Waals surface area contributed by atoms with Gasteiger partial charge in [0.25, 0.3) is 5.91 Å². The highest BCUT2D eigenvalue weighted by molar-refractivity contribution is 7.80. The highest BCUT2D eigenvalue weighted by Crippen LogP contribution is 2.35. The number of hydrogen-bond donors (Lipinski definition) is 2. The maximum Gasteiger partial charge on any atom is 0.269 e. The van der Waals surface area contributed by atoms with E-state index >= 15 is 0 Å². The fourth-order valence-electron chi connectivity index (χ4n) is 3.29. The molecule has 4 nitrogen and oxygen atoms in total. The van der Waals surface area contributed by atoms with E-state index in [1.54, 1.807) is 0 Å². The van der Waals surface area contributed by atoms with Crippen molar-refractivity contribution in [1.82, 2.24) is 5.32 Å². The Morgan fingerprint density at radius 1 is 1.07 bits per heavy atom. The molecular formula is C20H18ClN3OS2. The lowest BCUT2D eigenvalue weighted by molar-refractivity contribution is 0.0982. The van der Waals surface area contributed by atoms with Crippen LogP contribution in [0.2, 0.25) is 5.02 Å². The van der Waals surface area contributed by atoms with Crippen molar-refractivity contribution < 1.29 is 4.79 Å². The smallest absolute Gasteiger partial charge is 0.269 e. The van der Waals surface area contributed by atoms with Gasteiger partial charge in [-0.3, -0.25) is 10.1 Å². The second-order valence-corrected chi connectivity index (χ2v) is 8.20. The number of amides is 1. The van der Waals surface area contributed by atoms with Crippen LogP contribution in [0.25, 0.3) is 10.1 Å². The van der Waals surface area contributed by atoms with Gasteiger partial charge in [-0.25, -0.2) is 0 Å².